The van der Waals surface area contributed by atoms with Crippen molar-refractivity contribution in [3.05, 3.63) is 29.6 Å². The maximum atomic E-state index is 13.2. The van der Waals surface area contributed by atoms with Crippen LogP contribution in [0.25, 0.3) is 0 Å². The molecule has 1 aliphatic rings. The Bertz CT molecular complexity index is 533. The number of hydrogen-bond donors (Lipinski definition) is 2. The monoisotopic (exact) mass is 280 g/mol. The van der Waals surface area contributed by atoms with Crippen molar-refractivity contribution in [2.75, 3.05) is 25.0 Å². The van der Waals surface area contributed by atoms with Crippen LogP contribution in [0, 0.1) is 5.82 Å². The van der Waals surface area contributed by atoms with E-state index < -0.39 is 11.7 Å². The number of carbonyl (C=O) groups is 2. The van der Waals surface area contributed by atoms with E-state index in [9.17, 15) is 14.0 Å². The van der Waals surface area contributed by atoms with Crippen molar-refractivity contribution < 1.29 is 19.1 Å². The van der Waals surface area contributed by atoms with Gasteiger partial charge in [0.25, 0.3) is 0 Å². The first kappa shape index (κ1) is 14.5. The smallest absolute Gasteiger partial charge is 0.230 e. The standard InChI is InChI=1S/C14H17FN2O3/c1-2-17(5-6-18)14(20)11-8-13(19)16-12-7-9(15)3-4-10(11)12/h3-4,7,11,18H,2,5-6,8H2,1H3,(H,16,19). The van der Waals surface area contributed by atoms with E-state index in [1.54, 1.807) is 0 Å². The zero-order valence-corrected chi connectivity index (χ0v) is 11.2. The quantitative estimate of drug-likeness (QED) is 0.867. The number of aliphatic hydroxyl groups excluding tert-OH is 1. The van der Waals surface area contributed by atoms with E-state index in [2.05, 4.69) is 5.32 Å². The largest absolute Gasteiger partial charge is 0.395 e. The van der Waals surface area contributed by atoms with Crippen LogP contribution in [0.3, 0.4) is 0 Å². The van der Waals surface area contributed by atoms with Gasteiger partial charge in [-0.05, 0) is 24.6 Å². The molecule has 0 bridgehead atoms. The third-order valence-electron chi connectivity index (χ3n) is 3.42. The molecule has 6 heteroatoms. The first-order valence-electron chi connectivity index (χ1n) is 6.55. The van der Waals surface area contributed by atoms with Gasteiger partial charge in [0.15, 0.2) is 0 Å². The maximum Gasteiger partial charge on any atom is 0.230 e. The van der Waals surface area contributed by atoms with E-state index >= 15 is 0 Å². The second-order valence-electron chi connectivity index (χ2n) is 4.68. The van der Waals surface area contributed by atoms with E-state index in [0.29, 0.717) is 17.8 Å². The molecule has 1 aliphatic heterocycles. The average molecular weight is 280 g/mol. The second-order valence-corrected chi connectivity index (χ2v) is 4.68. The fraction of sp³-hybridized carbons (Fsp3) is 0.429. The fourth-order valence-electron chi connectivity index (χ4n) is 2.42. The third-order valence-corrected chi connectivity index (χ3v) is 3.42. The molecule has 1 atom stereocenters. The van der Waals surface area contributed by atoms with Crippen LogP contribution in [-0.4, -0.2) is 41.5 Å². The first-order chi connectivity index (χ1) is 9.56. The summed E-state index contributed by atoms with van der Waals surface area (Å²) in [6.45, 7) is 2.36. The van der Waals surface area contributed by atoms with Crippen molar-refractivity contribution in [2.24, 2.45) is 0 Å². The molecule has 0 saturated heterocycles. The molecule has 0 fully saturated rings. The Morgan fingerprint density at radius 3 is 2.95 bits per heavy atom. The zero-order chi connectivity index (χ0) is 14.7. The number of aliphatic hydroxyl groups is 1. The minimum atomic E-state index is -0.620. The molecule has 5 nitrogen and oxygen atoms in total. The Morgan fingerprint density at radius 2 is 2.30 bits per heavy atom. The molecule has 1 heterocycles. The van der Waals surface area contributed by atoms with Crippen LogP contribution in [0.4, 0.5) is 10.1 Å². The minimum absolute atomic E-state index is 0.0411. The number of benzene rings is 1. The molecule has 0 aliphatic carbocycles. The Balaban J connectivity index is 2.33. The molecular formula is C14H17FN2O3. The summed E-state index contributed by atoms with van der Waals surface area (Å²) in [6, 6.07) is 4.02. The highest BCUT2D eigenvalue weighted by Gasteiger charge is 2.33. The van der Waals surface area contributed by atoms with Gasteiger partial charge in [0.05, 0.1) is 12.5 Å². The van der Waals surface area contributed by atoms with Gasteiger partial charge in [-0.3, -0.25) is 9.59 Å². The van der Waals surface area contributed by atoms with Crippen LogP contribution >= 0.6 is 0 Å². The van der Waals surface area contributed by atoms with Crippen molar-refractivity contribution >= 4 is 17.5 Å². The molecule has 20 heavy (non-hydrogen) atoms. The number of hydrogen-bond acceptors (Lipinski definition) is 3. The number of rotatable bonds is 4. The van der Waals surface area contributed by atoms with Gasteiger partial charge >= 0.3 is 0 Å². The highest BCUT2D eigenvalue weighted by atomic mass is 19.1. The van der Waals surface area contributed by atoms with E-state index in [-0.39, 0.29) is 31.4 Å². The maximum absolute atomic E-state index is 13.2. The lowest BCUT2D eigenvalue weighted by molar-refractivity contribution is -0.135. The number of amides is 2. The fourth-order valence-corrected chi connectivity index (χ4v) is 2.42. The number of fused-ring (bicyclic) bond motifs is 1. The van der Waals surface area contributed by atoms with Gasteiger partial charge in [0, 0.05) is 25.2 Å². The summed E-state index contributed by atoms with van der Waals surface area (Å²) in [5.74, 6) is -1.60. The van der Waals surface area contributed by atoms with Crippen molar-refractivity contribution in [3.8, 4) is 0 Å². The highest BCUT2D eigenvalue weighted by molar-refractivity contribution is 6.01. The summed E-state index contributed by atoms with van der Waals surface area (Å²) in [5, 5.41) is 11.6. The predicted octanol–water partition coefficient (Wildman–Crippen LogP) is 1.09. The summed E-state index contributed by atoms with van der Waals surface area (Å²) in [7, 11) is 0. The number of likely N-dealkylation sites (N-methyl/N-ethyl adjacent to an activating group) is 1. The van der Waals surface area contributed by atoms with E-state index in [1.165, 1.54) is 23.1 Å². The van der Waals surface area contributed by atoms with Crippen LogP contribution in [0.1, 0.15) is 24.8 Å². The summed E-state index contributed by atoms with van der Waals surface area (Å²) >= 11 is 0. The Kier molecular flexibility index (Phi) is 4.34. The molecule has 0 saturated carbocycles. The van der Waals surface area contributed by atoms with Gasteiger partial charge in [-0.25, -0.2) is 4.39 Å². The minimum Gasteiger partial charge on any atom is -0.395 e. The molecule has 0 aromatic heterocycles. The molecule has 2 amide bonds. The SMILES string of the molecule is CCN(CCO)C(=O)C1CC(=O)Nc2cc(F)ccc21. The van der Waals surface area contributed by atoms with Gasteiger partial charge in [0.2, 0.25) is 11.8 Å². The molecular weight excluding hydrogens is 263 g/mol. The molecule has 1 unspecified atom stereocenters. The van der Waals surface area contributed by atoms with Crippen molar-refractivity contribution in [1.82, 2.24) is 4.90 Å². The lowest BCUT2D eigenvalue weighted by Crippen LogP contribution is -2.40. The number of carbonyl (C=O) groups excluding carboxylic acids is 2. The van der Waals surface area contributed by atoms with Crippen LogP contribution < -0.4 is 5.32 Å². The lowest BCUT2D eigenvalue weighted by Gasteiger charge is -2.29. The summed E-state index contributed by atoms with van der Waals surface area (Å²) < 4.78 is 13.2. The number of halogens is 1. The summed E-state index contributed by atoms with van der Waals surface area (Å²) in [5.41, 5.74) is 0.965. The van der Waals surface area contributed by atoms with Crippen LogP contribution in [0.15, 0.2) is 18.2 Å². The number of nitrogens with zero attached hydrogens (tertiary/aromatic N) is 1. The normalized spacial score (nSPS) is 17.4. The van der Waals surface area contributed by atoms with Crippen molar-refractivity contribution in [2.45, 2.75) is 19.3 Å². The summed E-state index contributed by atoms with van der Waals surface area (Å²) in [6.07, 6.45) is 0.0411. The Labute approximate surface area is 116 Å². The van der Waals surface area contributed by atoms with Gasteiger partial charge < -0.3 is 15.3 Å². The Hall–Kier alpha value is -1.95. The third kappa shape index (κ3) is 2.80. The molecule has 2 rings (SSSR count). The van der Waals surface area contributed by atoms with Crippen LogP contribution in [0.5, 0.6) is 0 Å². The second kappa shape index (κ2) is 6.00. The van der Waals surface area contributed by atoms with E-state index in [1.807, 2.05) is 6.92 Å². The topological polar surface area (TPSA) is 69.6 Å². The van der Waals surface area contributed by atoms with E-state index in [4.69, 9.17) is 5.11 Å². The lowest BCUT2D eigenvalue weighted by atomic mass is 9.89. The first-order valence-corrected chi connectivity index (χ1v) is 6.55. The number of anilines is 1. The molecule has 0 radical (unpaired) electrons. The average Bonchev–Trinajstić information content (AvgIpc) is 2.42. The van der Waals surface area contributed by atoms with Gasteiger partial charge in [-0.1, -0.05) is 6.07 Å². The molecule has 108 valence electrons. The number of nitrogens with one attached hydrogen (secondary N) is 1. The predicted molar refractivity (Wildman–Crippen MR) is 71.7 cm³/mol. The van der Waals surface area contributed by atoms with E-state index in [0.717, 1.165) is 0 Å². The van der Waals surface area contributed by atoms with Crippen LogP contribution in [-0.2, 0) is 9.59 Å². The summed E-state index contributed by atoms with van der Waals surface area (Å²) in [4.78, 5) is 25.6. The van der Waals surface area contributed by atoms with Gasteiger partial charge in [0.1, 0.15) is 5.82 Å². The van der Waals surface area contributed by atoms with Crippen molar-refractivity contribution in [1.29, 1.82) is 0 Å². The molecule has 1 aromatic rings. The molecule has 2 N–H and O–H groups in total. The van der Waals surface area contributed by atoms with Crippen LogP contribution in [0.2, 0.25) is 0 Å². The molecule has 0 spiro atoms. The van der Waals surface area contributed by atoms with Crippen molar-refractivity contribution in [3.63, 3.8) is 0 Å². The van der Waals surface area contributed by atoms with Gasteiger partial charge in [-0.2, -0.15) is 0 Å². The Morgan fingerprint density at radius 1 is 1.55 bits per heavy atom. The van der Waals surface area contributed by atoms with Gasteiger partial charge in [-0.15, -0.1) is 0 Å². The molecule has 1 aromatic carbocycles. The zero-order valence-electron chi connectivity index (χ0n) is 11.2. The highest BCUT2D eigenvalue weighted by Crippen LogP contribution is 2.33.